The molecule has 0 bridgehead atoms. The first-order valence-electron chi connectivity index (χ1n) is 8.97. The number of para-hydroxylation sites is 2. The van der Waals surface area contributed by atoms with Gasteiger partial charge in [0.15, 0.2) is 0 Å². The lowest BCUT2D eigenvalue weighted by Crippen LogP contribution is -2.43. The predicted molar refractivity (Wildman–Crippen MR) is 112 cm³/mol. The molecule has 0 saturated heterocycles. The van der Waals surface area contributed by atoms with Gasteiger partial charge in [0.25, 0.3) is 5.91 Å². The summed E-state index contributed by atoms with van der Waals surface area (Å²) in [6, 6.07) is 15.1. The first-order valence-corrected chi connectivity index (χ1v) is 10.3. The highest BCUT2D eigenvalue weighted by atomic mass is 35.5. The molecule has 0 spiro atoms. The van der Waals surface area contributed by atoms with Crippen LogP contribution in [0.15, 0.2) is 53.4 Å². The monoisotopic (exact) mass is 416 g/mol. The Kier molecular flexibility index (Phi) is 6.95. The lowest BCUT2D eigenvalue weighted by atomic mass is 10.3. The standard InChI is InChI=1S/C20H21ClN4O2S/c1-2-18-22-16-5-3-4-6-17(16)25(18)13-20(27)24-23-19(26)11-12-28-15-9-7-14(21)8-10-15/h3-10H,2,11-13H2,1H3,(H,23,26)(H,24,27). The fourth-order valence-corrected chi connectivity index (χ4v) is 3.73. The second-order valence-electron chi connectivity index (χ2n) is 6.11. The van der Waals surface area contributed by atoms with Gasteiger partial charge in [-0.3, -0.25) is 20.4 Å². The molecule has 1 aromatic heterocycles. The smallest absolute Gasteiger partial charge is 0.258 e. The number of hydrazine groups is 1. The Balaban J connectivity index is 1.46. The number of rotatable bonds is 7. The van der Waals surface area contributed by atoms with E-state index in [1.54, 1.807) is 11.8 Å². The number of carbonyl (C=O) groups is 2. The van der Waals surface area contributed by atoms with Crippen molar-refractivity contribution in [1.29, 1.82) is 0 Å². The van der Waals surface area contributed by atoms with Gasteiger partial charge in [-0.1, -0.05) is 30.7 Å². The van der Waals surface area contributed by atoms with E-state index in [0.29, 0.717) is 17.2 Å². The third kappa shape index (κ3) is 5.27. The summed E-state index contributed by atoms with van der Waals surface area (Å²) in [7, 11) is 0. The Morgan fingerprint density at radius 2 is 1.79 bits per heavy atom. The van der Waals surface area contributed by atoms with Crippen LogP contribution in [-0.2, 0) is 22.6 Å². The average molecular weight is 417 g/mol. The van der Waals surface area contributed by atoms with Crippen LogP contribution in [0.4, 0.5) is 0 Å². The minimum Gasteiger partial charge on any atom is -0.318 e. The quantitative estimate of drug-likeness (QED) is 0.456. The summed E-state index contributed by atoms with van der Waals surface area (Å²) in [6.45, 7) is 2.10. The van der Waals surface area contributed by atoms with Gasteiger partial charge in [0.05, 0.1) is 11.0 Å². The topological polar surface area (TPSA) is 76.0 Å². The molecule has 1 heterocycles. The molecule has 3 aromatic rings. The van der Waals surface area contributed by atoms with Crippen LogP contribution >= 0.6 is 23.4 Å². The first kappa shape index (κ1) is 20.2. The van der Waals surface area contributed by atoms with Gasteiger partial charge >= 0.3 is 0 Å². The summed E-state index contributed by atoms with van der Waals surface area (Å²) >= 11 is 7.41. The van der Waals surface area contributed by atoms with Crippen molar-refractivity contribution < 1.29 is 9.59 Å². The minimum absolute atomic E-state index is 0.101. The van der Waals surface area contributed by atoms with Crippen LogP contribution < -0.4 is 10.9 Å². The number of hydrogen-bond acceptors (Lipinski definition) is 4. The number of aryl methyl sites for hydroxylation is 1. The molecule has 6 nitrogen and oxygen atoms in total. The maximum atomic E-state index is 12.3. The van der Waals surface area contributed by atoms with Crippen LogP contribution in [0.3, 0.4) is 0 Å². The van der Waals surface area contributed by atoms with Crippen LogP contribution in [0.1, 0.15) is 19.2 Å². The van der Waals surface area contributed by atoms with Crippen LogP contribution in [0.25, 0.3) is 11.0 Å². The van der Waals surface area contributed by atoms with E-state index in [2.05, 4.69) is 15.8 Å². The zero-order chi connectivity index (χ0) is 19.9. The average Bonchev–Trinajstić information content (AvgIpc) is 3.05. The van der Waals surface area contributed by atoms with Gasteiger partial charge in [-0.15, -0.1) is 11.8 Å². The van der Waals surface area contributed by atoms with Gasteiger partial charge in [0.2, 0.25) is 5.91 Å². The van der Waals surface area contributed by atoms with E-state index in [9.17, 15) is 9.59 Å². The molecule has 0 atom stereocenters. The number of carbonyl (C=O) groups excluding carboxylic acids is 2. The fourth-order valence-electron chi connectivity index (χ4n) is 2.75. The van der Waals surface area contributed by atoms with Gasteiger partial charge in [0, 0.05) is 28.5 Å². The molecule has 0 aliphatic carbocycles. The molecule has 28 heavy (non-hydrogen) atoms. The number of benzene rings is 2. The number of hydrogen-bond donors (Lipinski definition) is 2. The lowest BCUT2D eigenvalue weighted by Gasteiger charge is -2.10. The van der Waals surface area contributed by atoms with Crippen LogP contribution in [0.2, 0.25) is 5.02 Å². The van der Waals surface area contributed by atoms with E-state index >= 15 is 0 Å². The summed E-state index contributed by atoms with van der Waals surface area (Å²) in [6.07, 6.45) is 1.01. The highest BCUT2D eigenvalue weighted by molar-refractivity contribution is 7.99. The minimum atomic E-state index is -0.295. The molecule has 0 unspecified atom stereocenters. The Bertz CT molecular complexity index is 972. The third-order valence-electron chi connectivity index (χ3n) is 4.10. The van der Waals surface area contributed by atoms with Crippen molar-refractivity contribution in [1.82, 2.24) is 20.4 Å². The third-order valence-corrected chi connectivity index (χ3v) is 5.37. The molecule has 0 fully saturated rings. The SMILES string of the molecule is CCc1nc2ccccc2n1CC(=O)NNC(=O)CCSc1ccc(Cl)cc1. The number of thioether (sulfide) groups is 1. The van der Waals surface area contributed by atoms with Crippen molar-refractivity contribution in [2.24, 2.45) is 0 Å². The number of aromatic nitrogens is 2. The van der Waals surface area contributed by atoms with Gasteiger partial charge in [-0.25, -0.2) is 4.98 Å². The summed E-state index contributed by atoms with van der Waals surface area (Å²) < 4.78 is 1.87. The van der Waals surface area contributed by atoms with Crippen molar-refractivity contribution in [3.05, 3.63) is 59.4 Å². The molecule has 2 N–H and O–H groups in total. The second-order valence-corrected chi connectivity index (χ2v) is 7.71. The second kappa shape index (κ2) is 9.61. The molecule has 3 rings (SSSR count). The van der Waals surface area contributed by atoms with Crippen molar-refractivity contribution in [2.75, 3.05) is 5.75 Å². The zero-order valence-corrected chi connectivity index (χ0v) is 17.0. The Morgan fingerprint density at radius 1 is 1.07 bits per heavy atom. The predicted octanol–water partition coefficient (Wildman–Crippen LogP) is 3.58. The molecular weight excluding hydrogens is 396 g/mol. The number of nitrogens with zero attached hydrogens (tertiary/aromatic N) is 2. The van der Waals surface area contributed by atoms with Crippen molar-refractivity contribution in [2.45, 2.75) is 31.2 Å². The Hall–Kier alpha value is -2.51. The van der Waals surface area contributed by atoms with Gasteiger partial charge in [-0.2, -0.15) is 0 Å². The number of imidazole rings is 1. The van der Waals surface area contributed by atoms with Crippen molar-refractivity contribution in [3.8, 4) is 0 Å². The molecule has 0 aliphatic rings. The Labute approximate surface area is 172 Å². The van der Waals surface area contributed by atoms with E-state index in [1.165, 1.54) is 0 Å². The molecule has 2 aromatic carbocycles. The van der Waals surface area contributed by atoms with Gasteiger partial charge < -0.3 is 4.57 Å². The summed E-state index contributed by atoms with van der Waals surface area (Å²) in [4.78, 5) is 29.8. The Morgan fingerprint density at radius 3 is 2.54 bits per heavy atom. The van der Waals surface area contributed by atoms with Gasteiger partial charge in [0.1, 0.15) is 12.4 Å². The zero-order valence-electron chi connectivity index (χ0n) is 15.4. The first-order chi connectivity index (χ1) is 13.6. The summed E-state index contributed by atoms with van der Waals surface area (Å²) in [5, 5.41) is 0.682. The van der Waals surface area contributed by atoms with E-state index in [1.807, 2.05) is 60.0 Å². The molecule has 0 aliphatic heterocycles. The molecule has 2 amide bonds. The van der Waals surface area contributed by atoms with Crippen molar-refractivity contribution >= 4 is 46.2 Å². The highest BCUT2D eigenvalue weighted by Crippen LogP contribution is 2.20. The molecule has 0 saturated carbocycles. The van der Waals surface area contributed by atoms with E-state index in [4.69, 9.17) is 11.6 Å². The van der Waals surface area contributed by atoms with E-state index in [0.717, 1.165) is 28.2 Å². The largest absolute Gasteiger partial charge is 0.318 e. The maximum Gasteiger partial charge on any atom is 0.258 e. The van der Waals surface area contributed by atoms with Crippen LogP contribution in [0, 0.1) is 0 Å². The normalized spacial score (nSPS) is 10.8. The van der Waals surface area contributed by atoms with E-state index < -0.39 is 0 Å². The highest BCUT2D eigenvalue weighted by Gasteiger charge is 2.12. The number of halogens is 1. The molecule has 8 heteroatoms. The maximum absolute atomic E-state index is 12.3. The van der Waals surface area contributed by atoms with E-state index in [-0.39, 0.29) is 18.4 Å². The number of nitrogens with one attached hydrogen (secondary N) is 2. The summed E-state index contributed by atoms with van der Waals surface area (Å²) in [5.41, 5.74) is 6.71. The molecule has 146 valence electrons. The number of fused-ring (bicyclic) bond motifs is 1. The van der Waals surface area contributed by atoms with Crippen LogP contribution in [0.5, 0.6) is 0 Å². The summed E-state index contributed by atoms with van der Waals surface area (Å²) in [5.74, 6) is 0.912. The lowest BCUT2D eigenvalue weighted by molar-refractivity contribution is -0.129. The van der Waals surface area contributed by atoms with Crippen molar-refractivity contribution in [3.63, 3.8) is 0 Å². The number of amides is 2. The van der Waals surface area contributed by atoms with Gasteiger partial charge in [-0.05, 0) is 36.4 Å². The molecular formula is C20H21ClN4O2S. The fraction of sp³-hybridized carbons (Fsp3) is 0.250. The molecule has 0 radical (unpaired) electrons. The van der Waals surface area contributed by atoms with Crippen LogP contribution in [-0.4, -0.2) is 27.1 Å².